The fourth-order valence-corrected chi connectivity index (χ4v) is 2.01. The molecule has 0 amide bonds. The Morgan fingerprint density at radius 2 is 2.21 bits per heavy atom. The molecule has 1 aromatic carbocycles. The summed E-state index contributed by atoms with van der Waals surface area (Å²) in [6.07, 6.45) is 0.851. The Hall–Kier alpha value is -1.99. The maximum absolute atomic E-state index is 8.94. The van der Waals surface area contributed by atoms with Gasteiger partial charge in [0.15, 0.2) is 0 Å². The molecule has 0 radical (unpaired) electrons. The van der Waals surface area contributed by atoms with Crippen molar-refractivity contribution in [3.05, 3.63) is 12.1 Å². The molecule has 1 aromatic heterocycles. The largest absolute Gasteiger partial charge is 0.397 e. The fraction of sp³-hybridized carbons (Fsp3) is 0.417. The molecule has 0 aliphatic rings. The van der Waals surface area contributed by atoms with Crippen LogP contribution in [-0.2, 0) is 11.3 Å². The molecule has 6 N–H and O–H groups in total. The van der Waals surface area contributed by atoms with Crippen LogP contribution in [0.5, 0.6) is 0 Å². The van der Waals surface area contributed by atoms with E-state index in [0.717, 1.165) is 11.9 Å². The van der Waals surface area contributed by atoms with E-state index in [1.54, 1.807) is 12.1 Å². The SMILES string of the molecule is CCOCCCn1c(N)nc2cc(NO)c(N)cc21. The van der Waals surface area contributed by atoms with Gasteiger partial charge in [-0.15, -0.1) is 0 Å². The van der Waals surface area contributed by atoms with Gasteiger partial charge in [0.05, 0.1) is 22.4 Å². The first kappa shape index (κ1) is 13.4. The lowest BCUT2D eigenvalue weighted by molar-refractivity contribution is 0.142. The predicted octanol–water partition coefficient (Wildman–Crippen LogP) is 1.43. The number of ether oxygens (including phenoxy) is 1. The van der Waals surface area contributed by atoms with Crippen molar-refractivity contribution in [3.63, 3.8) is 0 Å². The Labute approximate surface area is 111 Å². The Kier molecular flexibility index (Phi) is 4.08. The van der Waals surface area contributed by atoms with Crippen LogP contribution in [0.3, 0.4) is 0 Å². The van der Waals surface area contributed by atoms with Crippen molar-refractivity contribution >= 4 is 28.4 Å². The van der Waals surface area contributed by atoms with Crippen LogP contribution in [0, 0.1) is 0 Å². The highest BCUT2D eigenvalue weighted by Crippen LogP contribution is 2.27. The number of aryl methyl sites for hydroxylation is 1. The molecule has 1 heterocycles. The smallest absolute Gasteiger partial charge is 0.201 e. The van der Waals surface area contributed by atoms with Gasteiger partial charge in [-0.25, -0.2) is 4.98 Å². The van der Waals surface area contributed by atoms with E-state index in [-0.39, 0.29) is 0 Å². The van der Waals surface area contributed by atoms with Gasteiger partial charge in [0.25, 0.3) is 0 Å². The van der Waals surface area contributed by atoms with Crippen molar-refractivity contribution in [1.82, 2.24) is 9.55 Å². The minimum absolute atomic E-state index is 0.423. The van der Waals surface area contributed by atoms with Crippen molar-refractivity contribution in [3.8, 4) is 0 Å². The molecule has 0 spiro atoms. The lowest BCUT2D eigenvalue weighted by Crippen LogP contribution is -2.06. The highest BCUT2D eigenvalue weighted by Gasteiger charge is 2.10. The molecule has 0 fully saturated rings. The summed E-state index contributed by atoms with van der Waals surface area (Å²) in [6.45, 7) is 4.07. The van der Waals surface area contributed by atoms with Crippen LogP contribution in [0.4, 0.5) is 17.3 Å². The normalized spacial score (nSPS) is 11.1. The zero-order chi connectivity index (χ0) is 13.8. The maximum atomic E-state index is 8.94. The zero-order valence-corrected chi connectivity index (χ0v) is 10.9. The molecule has 0 saturated heterocycles. The molecular formula is C12H19N5O2. The monoisotopic (exact) mass is 265 g/mol. The zero-order valence-electron chi connectivity index (χ0n) is 10.9. The number of aromatic nitrogens is 2. The molecule has 0 saturated carbocycles. The second kappa shape index (κ2) is 5.77. The Morgan fingerprint density at radius 3 is 2.89 bits per heavy atom. The number of rotatable bonds is 6. The molecule has 0 bridgehead atoms. The summed E-state index contributed by atoms with van der Waals surface area (Å²) < 4.78 is 7.20. The van der Waals surface area contributed by atoms with Crippen LogP contribution >= 0.6 is 0 Å². The number of benzene rings is 1. The summed E-state index contributed by atoms with van der Waals surface area (Å²) in [6, 6.07) is 3.41. The van der Waals surface area contributed by atoms with Gasteiger partial charge in [0, 0.05) is 19.8 Å². The topological polar surface area (TPSA) is 111 Å². The third kappa shape index (κ3) is 2.72. The highest BCUT2D eigenvalue weighted by atomic mass is 16.5. The van der Waals surface area contributed by atoms with E-state index in [2.05, 4.69) is 4.98 Å². The highest BCUT2D eigenvalue weighted by molar-refractivity contribution is 5.88. The van der Waals surface area contributed by atoms with E-state index in [1.165, 1.54) is 0 Å². The van der Waals surface area contributed by atoms with Gasteiger partial charge >= 0.3 is 0 Å². The number of anilines is 3. The summed E-state index contributed by atoms with van der Waals surface area (Å²) in [5.74, 6) is 0.431. The first-order valence-electron chi connectivity index (χ1n) is 6.20. The quantitative estimate of drug-likeness (QED) is 0.357. The molecule has 0 aliphatic carbocycles. The molecule has 2 aromatic rings. The second-order valence-electron chi connectivity index (χ2n) is 4.21. The Morgan fingerprint density at radius 1 is 1.42 bits per heavy atom. The number of nitrogens with two attached hydrogens (primary N) is 2. The maximum Gasteiger partial charge on any atom is 0.201 e. The Bertz CT molecular complexity index is 567. The van der Waals surface area contributed by atoms with Gasteiger partial charge in [-0.2, -0.15) is 0 Å². The van der Waals surface area contributed by atoms with Gasteiger partial charge < -0.3 is 20.8 Å². The van der Waals surface area contributed by atoms with Gasteiger partial charge in [0.1, 0.15) is 0 Å². The third-order valence-corrected chi connectivity index (χ3v) is 2.94. The van der Waals surface area contributed by atoms with Gasteiger partial charge in [-0.1, -0.05) is 0 Å². The standard InChI is InChI=1S/C12H19N5O2/c1-2-19-5-3-4-17-11-6-8(13)9(16-18)7-10(11)15-12(17)14/h6-7,16,18H,2-5,13H2,1H3,(H2,14,15). The summed E-state index contributed by atoms with van der Waals surface area (Å²) in [5.41, 5.74) is 16.2. The van der Waals surface area contributed by atoms with Crippen LogP contribution in [0.15, 0.2) is 12.1 Å². The lowest BCUT2D eigenvalue weighted by atomic mass is 10.2. The molecule has 7 nitrogen and oxygen atoms in total. The number of fused-ring (bicyclic) bond motifs is 1. The molecule has 0 unspecified atom stereocenters. The summed E-state index contributed by atoms with van der Waals surface area (Å²) >= 11 is 0. The fourth-order valence-electron chi connectivity index (χ4n) is 2.01. The van der Waals surface area contributed by atoms with Crippen molar-refractivity contribution in [2.45, 2.75) is 19.9 Å². The van der Waals surface area contributed by atoms with E-state index < -0.39 is 0 Å². The molecule has 0 aliphatic heterocycles. The van der Waals surface area contributed by atoms with E-state index in [1.807, 2.05) is 17.0 Å². The minimum Gasteiger partial charge on any atom is -0.397 e. The van der Waals surface area contributed by atoms with Crippen LogP contribution in [0.1, 0.15) is 13.3 Å². The molecule has 19 heavy (non-hydrogen) atoms. The predicted molar refractivity (Wildman–Crippen MR) is 75.1 cm³/mol. The first-order valence-corrected chi connectivity index (χ1v) is 6.20. The number of nitrogens with one attached hydrogen (secondary N) is 1. The minimum atomic E-state index is 0.423. The molecular weight excluding hydrogens is 246 g/mol. The number of hydrogen-bond acceptors (Lipinski definition) is 6. The molecule has 2 rings (SSSR count). The lowest BCUT2D eigenvalue weighted by Gasteiger charge is -2.08. The summed E-state index contributed by atoms with van der Waals surface area (Å²) in [5, 5.41) is 8.94. The van der Waals surface area contributed by atoms with Gasteiger partial charge in [-0.3, -0.25) is 10.7 Å². The van der Waals surface area contributed by atoms with Crippen molar-refractivity contribution in [1.29, 1.82) is 0 Å². The van der Waals surface area contributed by atoms with Crippen LogP contribution in [0.25, 0.3) is 11.0 Å². The molecule has 104 valence electrons. The second-order valence-corrected chi connectivity index (χ2v) is 4.21. The van der Waals surface area contributed by atoms with E-state index in [9.17, 15) is 0 Å². The van der Waals surface area contributed by atoms with Gasteiger partial charge in [-0.05, 0) is 25.5 Å². The number of nitrogen functional groups attached to an aromatic ring is 2. The number of nitrogens with zero attached hydrogens (tertiary/aromatic N) is 2. The van der Waals surface area contributed by atoms with Gasteiger partial charge in [0.2, 0.25) is 5.95 Å². The average molecular weight is 265 g/mol. The van der Waals surface area contributed by atoms with Crippen molar-refractivity contribution in [2.24, 2.45) is 0 Å². The first-order chi connectivity index (χ1) is 9.17. The molecule has 0 atom stereocenters. The third-order valence-electron chi connectivity index (χ3n) is 2.94. The van der Waals surface area contributed by atoms with E-state index in [4.69, 9.17) is 21.4 Å². The van der Waals surface area contributed by atoms with Crippen LogP contribution in [0.2, 0.25) is 0 Å². The Balaban J connectivity index is 2.28. The van der Waals surface area contributed by atoms with E-state index >= 15 is 0 Å². The number of imidazole rings is 1. The van der Waals surface area contributed by atoms with Crippen LogP contribution < -0.4 is 16.9 Å². The molecule has 7 heteroatoms. The number of hydrogen-bond donors (Lipinski definition) is 4. The summed E-state index contributed by atoms with van der Waals surface area (Å²) in [4.78, 5) is 4.25. The van der Waals surface area contributed by atoms with Crippen molar-refractivity contribution in [2.75, 3.05) is 30.2 Å². The summed E-state index contributed by atoms with van der Waals surface area (Å²) in [7, 11) is 0. The van der Waals surface area contributed by atoms with E-state index in [0.29, 0.717) is 42.6 Å². The van der Waals surface area contributed by atoms with Crippen LogP contribution in [-0.4, -0.2) is 28.0 Å². The van der Waals surface area contributed by atoms with Crippen molar-refractivity contribution < 1.29 is 9.94 Å². The average Bonchev–Trinajstić information content (AvgIpc) is 2.69.